The van der Waals surface area contributed by atoms with Gasteiger partial charge in [0.25, 0.3) is 0 Å². The van der Waals surface area contributed by atoms with Crippen LogP contribution in [0.5, 0.6) is 0 Å². The summed E-state index contributed by atoms with van der Waals surface area (Å²) in [5.74, 6) is 1.28. The third kappa shape index (κ3) is 1.36. The number of aliphatic hydroxyl groups is 1. The van der Waals surface area contributed by atoms with E-state index in [0.29, 0.717) is 5.92 Å². The predicted molar refractivity (Wildman–Crippen MR) is 54.8 cm³/mol. The lowest BCUT2D eigenvalue weighted by molar-refractivity contribution is -0.00302. The summed E-state index contributed by atoms with van der Waals surface area (Å²) in [4.78, 5) is 4.30. The van der Waals surface area contributed by atoms with Gasteiger partial charge in [0.1, 0.15) is 11.4 Å². The van der Waals surface area contributed by atoms with Crippen LogP contribution in [-0.2, 0) is 12.1 Å². The summed E-state index contributed by atoms with van der Waals surface area (Å²) in [6, 6.07) is 0. The SMILES string of the molecule is CCn1ccnc1C(O)(CC)C1CC1. The first-order chi connectivity index (χ1) is 6.72. The molecule has 1 saturated carbocycles. The van der Waals surface area contributed by atoms with Gasteiger partial charge in [-0.15, -0.1) is 0 Å². The van der Waals surface area contributed by atoms with E-state index in [4.69, 9.17) is 0 Å². The Morgan fingerprint density at radius 3 is 2.79 bits per heavy atom. The van der Waals surface area contributed by atoms with E-state index >= 15 is 0 Å². The van der Waals surface area contributed by atoms with Crippen molar-refractivity contribution in [3.63, 3.8) is 0 Å². The number of rotatable bonds is 4. The minimum absolute atomic E-state index is 0.431. The number of imidazole rings is 1. The molecule has 14 heavy (non-hydrogen) atoms. The van der Waals surface area contributed by atoms with Crippen LogP contribution in [0.15, 0.2) is 12.4 Å². The predicted octanol–water partition coefficient (Wildman–Crippen LogP) is 1.91. The van der Waals surface area contributed by atoms with Crippen LogP contribution in [0.1, 0.15) is 38.9 Å². The van der Waals surface area contributed by atoms with E-state index < -0.39 is 5.60 Å². The molecular formula is C11H18N2O. The van der Waals surface area contributed by atoms with Crippen LogP contribution in [0.3, 0.4) is 0 Å². The summed E-state index contributed by atoms with van der Waals surface area (Å²) in [5.41, 5.74) is -0.681. The van der Waals surface area contributed by atoms with Crippen LogP contribution >= 0.6 is 0 Å². The first-order valence-electron chi connectivity index (χ1n) is 5.46. The zero-order valence-electron chi connectivity index (χ0n) is 8.90. The molecule has 1 aromatic heterocycles. The number of aryl methyl sites for hydroxylation is 1. The van der Waals surface area contributed by atoms with Gasteiger partial charge in [-0.05, 0) is 32.1 Å². The van der Waals surface area contributed by atoms with E-state index in [1.54, 1.807) is 6.20 Å². The highest BCUT2D eigenvalue weighted by molar-refractivity contribution is 5.10. The van der Waals surface area contributed by atoms with Crippen molar-refractivity contribution in [1.82, 2.24) is 9.55 Å². The van der Waals surface area contributed by atoms with Gasteiger partial charge in [-0.2, -0.15) is 0 Å². The van der Waals surface area contributed by atoms with Crippen molar-refractivity contribution >= 4 is 0 Å². The second-order valence-electron chi connectivity index (χ2n) is 4.09. The van der Waals surface area contributed by atoms with E-state index in [-0.39, 0.29) is 0 Å². The average molecular weight is 194 g/mol. The number of hydrogen-bond donors (Lipinski definition) is 1. The van der Waals surface area contributed by atoms with Gasteiger partial charge in [0.15, 0.2) is 0 Å². The van der Waals surface area contributed by atoms with E-state index in [1.807, 2.05) is 17.7 Å². The van der Waals surface area contributed by atoms with Crippen LogP contribution in [0, 0.1) is 5.92 Å². The van der Waals surface area contributed by atoms with Gasteiger partial charge >= 0.3 is 0 Å². The van der Waals surface area contributed by atoms with Crippen LogP contribution in [0.25, 0.3) is 0 Å². The lowest BCUT2D eigenvalue weighted by atomic mass is 9.93. The summed E-state index contributed by atoms with van der Waals surface area (Å²) < 4.78 is 2.04. The highest BCUT2D eigenvalue weighted by atomic mass is 16.3. The third-order valence-corrected chi connectivity index (χ3v) is 3.24. The minimum atomic E-state index is -0.681. The molecule has 0 aromatic carbocycles. The van der Waals surface area contributed by atoms with Crippen molar-refractivity contribution in [2.24, 2.45) is 5.92 Å². The van der Waals surface area contributed by atoms with Crippen molar-refractivity contribution in [3.8, 4) is 0 Å². The van der Waals surface area contributed by atoms with E-state index in [0.717, 1.165) is 31.6 Å². The molecule has 1 unspecified atom stereocenters. The molecule has 3 heteroatoms. The molecule has 1 aromatic rings. The Kier molecular flexibility index (Phi) is 2.35. The topological polar surface area (TPSA) is 38.0 Å². The van der Waals surface area contributed by atoms with E-state index in [1.165, 1.54) is 0 Å². The Labute approximate surface area is 84.8 Å². The van der Waals surface area contributed by atoms with Crippen molar-refractivity contribution in [2.75, 3.05) is 0 Å². The van der Waals surface area contributed by atoms with Gasteiger partial charge in [-0.25, -0.2) is 4.98 Å². The zero-order chi connectivity index (χ0) is 10.2. The summed E-state index contributed by atoms with van der Waals surface area (Å²) in [5, 5.41) is 10.5. The van der Waals surface area contributed by atoms with Gasteiger partial charge in [0.2, 0.25) is 0 Å². The van der Waals surface area contributed by atoms with Gasteiger partial charge in [-0.3, -0.25) is 0 Å². The second-order valence-corrected chi connectivity index (χ2v) is 4.09. The number of nitrogens with zero attached hydrogens (tertiary/aromatic N) is 2. The fraction of sp³-hybridized carbons (Fsp3) is 0.727. The van der Waals surface area contributed by atoms with E-state index in [9.17, 15) is 5.11 Å². The van der Waals surface area contributed by atoms with Crippen molar-refractivity contribution in [3.05, 3.63) is 18.2 Å². The highest BCUT2D eigenvalue weighted by Gasteiger charge is 2.46. The Bertz CT molecular complexity index is 317. The molecule has 3 nitrogen and oxygen atoms in total. The first-order valence-corrected chi connectivity index (χ1v) is 5.46. The van der Waals surface area contributed by atoms with Crippen LogP contribution < -0.4 is 0 Å². The normalized spacial score (nSPS) is 20.8. The standard InChI is InChI=1S/C11H18N2O/c1-3-11(14,9-5-6-9)10-12-7-8-13(10)4-2/h7-9,14H,3-6H2,1-2H3. The fourth-order valence-corrected chi connectivity index (χ4v) is 2.14. The monoisotopic (exact) mass is 194 g/mol. The fourth-order valence-electron chi connectivity index (χ4n) is 2.14. The molecule has 1 N–H and O–H groups in total. The Hall–Kier alpha value is -0.830. The number of aromatic nitrogens is 2. The molecule has 1 heterocycles. The maximum absolute atomic E-state index is 10.5. The van der Waals surface area contributed by atoms with Crippen molar-refractivity contribution < 1.29 is 5.11 Å². The summed E-state index contributed by atoms with van der Waals surface area (Å²) in [7, 11) is 0. The maximum Gasteiger partial charge on any atom is 0.141 e. The lowest BCUT2D eigenvalue weighted by Gasteiger charge is -2.26. The van der Waals surface area contributed by atoms with Gasteiger partial charge < -0.3 is 9.67 Å². The molecule has 0 aliphatic heterocycles. The van der Waals surface area contributed by atoms with Crippen LogP contribution in [0.4, 0.5) is 0 Å². The summed E-state index contributed by atoms with van der Waals surface area (Å²) >= 11 is 0. The lowest BCUT2D eigenvalue weighted by Crippen LogP contribution is -2.31. The minimum Gasteiger partial charge on any atom is -0.382 e. The molecule has 78 valence electrons. The summed E-state index contributed by atoms with van der Waals surface area (Å²) in [6.45, 7) is 4.99. The van der Waals surface area contributed by atoms with Crippen molar-refractivity contribution in [1.29, 1.82) is 0 Å². The second kappa shape index (κ2) is 3.39. The quantitative estimate of drug-likeness (QED) is 0.795. The van der Waals surface area contributed by atoms with Crippen LogP contribution in [0.2, 0.25) is 0 Å². The van der Waals surface area contributed by atoms with Gasteiger partial charge in [0, 0.05) is 18.9 Å². The largest absolute Gasteiger partial charge is 0.382 e. The van der Waals surface area contributed by atoms with Crippen LogP contribution in [-0.4, -0.2) is 14.7 Å². The Morgan fingerprint density at radius 2 is 2.29 bits per heavy atom. The molecule has 1 aliphatic carbocycles. The molecule has 0 amide bonds. The van der Waals surface area contributed by atoms with Gasteiger partial charge in [-0.1, -0.05) is 6.92 Å². The maximum atomic E-state index is 10.5. The zero-order valence-corrected chi connectivity index (χ0v) is 8.90. The van der Waals surface area contributed by atoms with E-state index in [2.05, 4.69) is 11.9 Å². The van der Waals surface area contributed by atoms with Gasteiger partial charge in [0.05, 0.1) is 0 Å². The molecule has 0 radical (unpaired) electrons. The molecular weight excluding hydrogens is 176 g/mol. The molecule has 0 bridgehead atoms. The average Bonchev–Trinajstić information content (AvgIpc) is 2.95. The van der Waals surface area contributed by atoms with Crippen molar-refractivity contribution in [2.45, 2.75) is 45.3 Å². The third-order valence-electron chi connectivity index (χ3n) is 3.24. The molecule has 1 fully saturated rings. The molecule has 2 rings (SSSR count). The Balaban J connectivity index is 2.34. The molecule has 0 saturated heterocycles. The smallest absolute Gasteiger partial charge is 0.141 e. The first kappa shape index (κ1) is 9.71. The molecule has 1 aliphatic rings. The Morgan fingerprint density at radius 1 is 1.57 bits per heavy atom. The number of hydrogen-bond acceptors (Lipinski definition) is 2. The highest BCUT2D eigenvalue weighted by Crippen LogP contribution is 2.46. The molecule has 1 atom stereocenters. The molecule has 0 spiro atoms. The summed E-state index contributed by atoms with van der Waals surface area (Å²) in [6.07, 6.45) is 6.76.